The zero-order valence-corrected chi connectivity index (χ0v) is 18.2. The van der Waals surface area contributed by atoms with Crippen molar-refractivity contribution in [1.82, 2.24) is 25.2 Å². The van der Waals surface area contributed by atoms with Crippen molar-refractivity contribution in [2.75, 3.05) is 6.54 Å². The lowest BCUT2D eigenvalue weighted by molar-refractivity contribution is -0.141. The van der Waals surface area contributed by atoms with Gasteiger partial charge in [0, 0.05) is 18.2 Å². The number of nitrogens with one attached hydrogen (secondary N) is 1. The third-order valence-electron chi connectivity index (χ3n) is 4.70. The van der Waals surface area contributed by atoms with E-state index in [0.29, 0.717) is 17.0 Å². The van der Waals surface area contributed by atoms with Gasteiger partial charge in [-0.15, -0.1) is 0 Å². The fourth-order valence-corrected chi connectivity index (χ4v) is 3.22. The molecule has 0 radical (unpaired) electrons. The summed E-state index contributed by atoms with van der Waals surface area (Å²) < 4.78 is 57.3. The van der Waals surface area contributed by atoms with E-state index in [2.05, 4.69) is 20.3 Å². The van der Waals surface area contributed by atoms with Gasteiger partial charge in [-0.05, 0) is 39.0 Å². The van der Waals surface area contributed by atoms with Crippen molar-refractivity contribution in [2.24, 2.45) is 0 Å². The van der Waals surface area contributed by atoms with Gasteiger partial charge in [0.15, 0.2) is 0 Å². The SMILES string of the molecule is CC(C)(C)OC(=O)N1CC(F)CC1C(=O)NCc1cc(-c2ccc(C(F)(F)F)nc2)ncn1. The van der Waals surface area contributed by atoms with E-state index in [4.69, 9.17) is 4.74 Å². The van der Waals surface area contributed by atoms with Crippen LogP contribution in [0.4, 0.5) is 22.4 Å². The highest BCUT2D eigenvalue weighted by Gasteiger charge is 2.41. The first-order valence-electron chi connectivity index (χ1n) is 10.1. The van der Waals surface area contributed by atoms with Crippen LogP contribution in [0.2, 0.25) is 0 Å². The van der Waals surface area contributed by atoms with Gasteiger partial charge in [-0.1, -0.05) is 0 Å². The number of ether oxygens (including phenoxy) is 1. The van der Waals surface area contributed by atoms with E-state index in [1.807, 2.05) is 0 Å². The molecule has 0 aliphatic carbocycles. The molecule has 2 amide bonds. The Morgan fingerprint density at radius 3 is 2.52 bits per heavy atom. The summed E-state index contributed by atoms with van der Waals surface area (Å²) in [5.41, 5.74) is -0.797. The van der Waals surface area contributed by atoms with Gasteiger partial charge in [0.1, 0.15) is 29.8 Å². The van der Waals surface area contributed by atoms with Gasteiger partial charge in [0.25, 0.3) is 0 Å². The van der Waals surface area contributed by atoms with Crippen molar-refractivity contribution in [3.8, 4) is 11.3 Å². The molecule has 0 spiro atoms. The number of nitrogens with zero attached hydrogens (tertiary/aromatic N) is 4. The van der Waals surface area contributed by atoms with Gasteiger partial charge in [-0.2, -0.15) is 13.2 Å². The standard InChI is InChI=1S/C21H23F4N5O3/c1-20(2,3)33-19(32)30-10-13(22)6-16(30)18(31)27-9-14-7-15(29-11-28-14)12-4-5-17(26-8-12)21(23,24)25/h4-5,7-8,11,13,16H,6,9-10H2,1-3H3,(H,27,31). The van der Waals surface area contributed by atoms with Gasteiger partial charge in [0.2, 0.25) is 5.91 Å². The van der Waals surface area contributed by atoms with Gasteiger partial charge in [0.05, 0.1) is 24.5 Å². The molecule has 1 aliphatic rings. The molecule has 8 nitrogen and oxygen atoms in total. The molecule has 2 aromatic heterocycles. The van der Waals surface area contributed by atoms with Crippen LogP contribution in [-0.2, 0) is 22.3 Å². The Kier molecular flexibility index (Phi) is 6.84. The first-order chi connectivity index (χ1) is 15.3. The van der Waals surface area contributed by atoms with Gasteiger partial charge in [-0.25, -0.2) is 19.2 Å². The minimum Gasteiger partial charge on any atom is -0.444 e. The first kappa shape index (κ1) is 24.3. The third-order valence-corrected chi connectivity index (χ3v) is 4.70. The van der Waals surface area contributed by atoms with Crippen LogP contribution in [0.1, 0.15) is 38.6 Å². The third kappa shape index (κ3) is 6.36. The van der Waals surface area contributed by atoms with Crippen LogP contribution in [-0.4, -0.2) is 56.2 Å². The number of rotatable bonds is 4. The molecular weight excluding hydrogens is 446 g/mol. The molecule has 1 aliphatic heterocycles. The molecule has 1 N–H and O–H groups in total. The Morgan fingerprint density at radius 2 is 1.91 bits per heavy atom. The van der Waals surface area contributed by atoms with E-state index in [1.54, 1.807) is 20.8 Å². The fraction of sp³-hybridized carbons (Fsp3) is 0.476. The fourth-order valence-electron chi connectivity index (χ4n) is 3.22. The highest BCUT2D eigenvalue weighted by molar-refractivity contribution is 5.86. The molecule has 1 saturated heterocycles. The zero-order chi connectivity index (χ0) is 24.4. The van der Waals surface area contributed by atoms with Gasteiger partial charge in [-0.3, -0.25) is 14.7 Å². The predicted molar refractivity (Wildman–Crippen MR) is 108 cm³/mol. The van der Waals surface area contributed by atoms with Crippen LogP contribution < -0.4 is 5.32 Å². The number of likely N-dealkylation sites (tertiary alicyclic amines) is 1. The zero-order valence-electron chi connectivity index (χ0n) is 18.2. The number of pyridine rings is 1. The molecule has 2 unspecified atom stereocenters. The minimum absolute atomic E-state index is 0.0575. The molecule has 0 aromatic carbocycles. The summed E-state index contributed by atoms with van der Waals surface area (Å²) in [6.45, 7) is 4.70. The molecule has 2 atom stereocenters. The average Bonchev–Trinajstić information content (AvgIpc) is 3.12. The smallest absolute Gasteiger partial charge is 0.433 e. The second kappa shape index (κ2) is 9.28. The molecule has 1 fully saturated rings. The maximum atomic E-state index is 14.0. The lowest BCUT2D eigenvalue weighted by Gasteiger charge is -2.27. The Hall–Kier alpha value is -3.31. The molecule has 178 valence electrons. The van der Waals surface area contributed by atoms with E-state index < -0.39 is 41.7 Å². The molecular formula is C21H23F4N5O3. The summed E-state index contributed by atoms with van der Waals surface area (Å²) in [7, 11) is 0. The number of carbonyl (C=O) groups is 2. The molecule has 33 heavy (non-hydrogen) atoms. The summed E-state index contributed by atoms with van der Waals surface area (Å²) in [4.78, 5) is 37.5. The van der Waals surface area contributed by atoms with Crippen molar-refractivity contribution in [3.05, 3.63) is 42.1 Å². The topological polar surface area (TPSA) is 97.3 Å². The molecule has 0 saturated carbocycles. The number of amides is 2. The summed E-state index contributed by atoms with van der Waals surface area (Å²) in [6.07, 6.45) is -4.59. The van der Waals surface area contributed by atoms with Crippen LogP contribution in [0.3, 0.4) is 0 Å². The number of hydrogen-bond acceptors (Lipinski definition) is 6. The predicted octanol–water partition coefficient (Wildman–Crippen LogP) is 3.52. The van der Waals surface area contributed by atoms with Crippen LogP contribution in [0, 0.1) is 0 Å². The van der Waals surface area contributed by atoms with E-state index in [1.165, 1.54) is 18.5 Å². The maximum Gasteiger partial charge on any atom is 0.433 e. The van der Waals surface area contributed by atoms with E-state index in [9.17, 15) is 27.2 Å². The van der Waals surface area contributed by atoms with Crippen LogP contribution in [0.5, 0.6) is 0 Å². The van der Waals surface area contributed by atoms with Crippen LogP contribution >= 0.6 is 0 Å². The van der Waals surface area contributed by atoms with Gasteiger partial charge < -0.3 is 10.1 Å². The summed E-state index contributed by atoms with van der Waals surface area (Å²) in [5, 5.41) is 2.61. The lowest BCUT2D eigenvalue weighted by atomic mass is 10.1. The Bertz CT molecular complexity index is 1010. The molecule has 0 bridgehead atoms. The van der Waals surface area contributed by atoms with Crippen molar-refractivity contribution in [2.45, 2.75) is 57.7 Å². The van der Waals surface area contributed by atoms with Crippen molar-refractivity contribution < 1.29 is 31.9 Å². The number of alkyl halides is 4. The lowest BCUT2D eigenvalue weighted by Crippen LogP contribution is -2.47. The van der Waals surface area contributed by atoms with E-state index in [-0.39, 0.29) is 19.5 Å². The van der Waals surface area contributed by atoms with E-state index >= 15 is 0 Å². The Balaban J connectivity index is 1.66. The summed E-state index contributed by atoms with van der Waals surface area (Å²) >= 11 is 0. The molecule has 2 aromatic rings. The van der Waals surface area contributed by atoms with Gasteiger partial charge >= 0.3 is 12.3 Å². The second-order valence-electron chi connectivity index (χ2n) is 8.52. The van der Waals surface area contributed by atoms with Crippen molar-refractivity contribution in [1.29, 1.82) is 0 Å². The van der Waals surface area contributed by atoms with E-state index in [0.717, 1.165) is 17.2 Å². The summed E-state index contributed by atoms with van der Waals surface area (Å²) in [5.74, 6) is -0.572. The highest BCUT2D eigenvalue weighted by Crippen LogP contribution is 2.28. The number of halogens is 4. The molecule has 3 heterocycles. The maximum absolute atomic E-state index is 14.0. The number of aromatic nitrogens is 3. The average molecular weight is 469 g/mol. The molecule has 12 heteroatoms. The second-order valence-corrected chi connectivity index (χ2v) is 8.52. The quantitative estimate of drug-likeness (QED) is 0.689. The molecule has 3 rings (SSSR count). The van der Waals surface area contributed by atoms with Crippen LogP contribution in [0.15, 0.2) is 30.7 Å². The van der Waals surface area contributed by atoms with Crippen molar-refractivity contribution >= 4 is 12.0 Å². The monoisotopic (exact) mass is 469 g/mol. The summed E-state index contributed by atoms with van der Waals surface area (Å²) in [6, 6.07) is 2.54. The Labute approximate surface area is 187 Å². The number of hydrogen-bond donors (Lipinski definition) is 1. The first-order valence-corrected chi connectivity index (χ1v) is 10.1. The largest absolute Gasteiger partial charge is 0.444 e. The number of carbonyl (C=O) groups excluding carboxylic acids is 2. The minimum atomic E-state index is -4.55. The van der Waals surface area contributed by atoms with Crippen LogP contribution in [0.25, 0.3) is 11.3 Å². The highest BCUT2D eigenvalue weighted by atomic mass is 19.4. The normalized spacial score (nSPS) is 18.8. The van der Waals surface area contributed by atoms with Crippen molar-refractivity contribution in [3.63, 3.8) is 0 Å². The Morgan fingerprint density at radius 1 is 1.18 bits per heavy atom.